The molecule has 5 nitrogen and oxygen atoms in total. The molecule has 6 heteroatoms. The summed E-state index contributed by atoms with van der Waals surface area (Å²) in [5.74, 6) is -0.309. The van der Waals surface area contributed by atoms with Crippen LogP contribution in [-0.2, 0) is 0 Å². The van der Waals surface area contributed by atoms with Gasteiger partial charge >= 0.3 is 0 Å². The Kier molecular flexibility index (Phi) is 3.26. The molecule has 0 fully saturated rings. The molecule has 1 aromatic carbocycles. The SMILES string of the molecule is N#Cc1nc(Nc2cccc(F)c2C#N)ccc1N. The molecular weight excluding hydrogens is 245 g/mol. The summed E-state index contributed by atoms with van der Waals surface area (Å²) in [6, 6.07) is 10.9. The average Bonchev–Trinajstić information content (AvgIpc) is 2.41. The van der Waals surface area contributed by atoms with Crippen LogP contribution in [0.15, 0.2) is 30.3 Å². The van der Waals surface area contributed by atoms with E-state index in [-0.39, 0.29) is 22.6 Å². The average molecular weight is 253 g/mol. The third-order valence-corrected chi connectivity index (χ3v) is 2.42. The molecule has 0 aliphatic rings. The summed E-state index contributed by atoms with van der Waals surface area (Å²) in [6.07, 6.45) is 0. The van der Waals surface area contributed by atoms with Gasteiger partial charge in [-0.05, 0) is 24.3 Å². The van der Waals surface area contributed by atoms with Crippen molar-refractivity contribution in [2.24, 2.45) is 0 Å². The third-order valence-electron chi connectivity index (χ3n) is 2.42. The normalized spacial score (nSPS) is 9.42. The number of nitrogens with two attached hydrogens (primary N) is 1. The first-order valence-corrected chi connectivity index (χ1v) is 5.28. The summed E-state index contributed by atoms with van der Waals surface area (Å²) < 4.78 is 13.4. The lowest BCUT2D eigenvalue weighted by atomic mass is 10.2. The molecule has 0 radical (unpaired) electrons. The lowest BCUT2D eigenvalue weighted by molar-refractivity contribution is 0.624. The monoisotopic (exact) mass is 253 g/mol. The Morgan fingerprint density at radius 3 is 2.63 bits per heavy atom. The van der Waals surface area contributed by atoms with Gasteiger partial charge in [0, 0.05) is 0 Å². The number of rotatable bonds is 2. The van der Waals surface area contributed by atoms with E-state index in [0.717, 1.165) is 0 Å². The van der Waals surface area contributed by atoms with Crippen molar-refractivity contribution in [1.82, 2.24) is 4.98 Å². The van der Waals surface area contributed by atoms with Crippen LogP contribution in [0.2, 0.25) is 0 Å². The van der Waals surface area contributed by atoms with Gasteiger partial charge in [-0.3, -0.25) is 0 Å². The molecule has 19 heavy (non-hydrogen) atoms. The number of pyridine rings is 1. The molecule has 0 aliphatic heterocycles. The fourth-order valence-corrected chi connectivity index (χ4v) is 1.51. The highest BCUT2D eigenvalue weighted by molar-refractivity contribution is 5.66. The summed E-state index contributed by atoms with van der Waals surface area (Å²) >= 11 is 0. The van der Waals surface area contributed by atoms with Crippen molar-refractivity contribution >= 4 is 17.2 Å². The third kappa shape index (κ3) is 2.43. The van der Waals surface area contributed by atoms with Gasteiger partial charge in [0.15, 0.2) is 5.69 Å². The molecule has 1 aromatic heterocycles. The largest absolute Gasteiger partial charge is 0.396 e. The van der Waals surface area contributed by atoms with Crippen LogP contribution < -0.4 is 11.1 Å². The Hall–Kier alpha value is -3.12. The Morgan fingerprint density at radius 2 is 1.95 bits per heavy atom. The van der Waals surface area contributed by atoms with E-state index in [1.165, 1.54) is 18.2 Å². The van der Waals surface area contributed by atoms with Gasteiger partial charge in [-0.15, -0.1) is 0 Å². The highest BCUT2D eigenvalue weighted by Gasteiger charge is 2.09. The van der Waals surface area contributed by atoms with Crippen LogP contribution in [0.4, 0.5) is 21.6 Å². The van der Waals surface area contributed by atoms with Crippen molar-refractivity contribution in [3.63, 3.8) is 0 Å². The van der Waals surface area contributed by atoms with Crippen molar-refractivity contribution in [2.75, 3.05) is 11.1 Å². The van der Waals surface area contributed by atoms with Gasteiger partial charge in [-0.25, -0.2) is 9.37 Å². The smallest absolute Gasteiger partial charge is 0.165 e. The van der Waals surface area contributed by atoms with E-state index in [4.69, 9.17) is 16.3 Å². The van der Waals surface area contributed by atoms with E-state index < -0.39 is 5.82 Å². The zero-order valence-electron chi connectivity index (χ0n) is 9.68. The predicted molar refractivity (Wildman–Crippen MR) is 67.8 cm³/mol. The van der Waals surface area contributed by atoms with Crippen LogP contribution in [0.1, 0.15) is 11.3 Å². The van der Waals surface area contributed by atoms with E-state index in [0.29, 0.717) is 5.82 Å². The van der Waals surface area contributed by atoms with Gasteiger partial charge in [-0.2, -0.15) is 10.5 Å². The van der Waals surface area contributed by atoms with E-state index in [1.807, 2.05) is 6.07 Å². The lowest BCUT2D eigenvalue weighted by Crippen LogP contribution is -2.01. The number of nitrogens with zero attached hydrogens (tertiary/aromatic N) is 3. The molecule has 2 aromatic rings. The van der Waals surface area contributed by atoms with E-state index in [2.05, 4.69) is 10.3 Å². The number of anilines is 3. The van der Waals surface area contributed by atoms with Crippen LogP contribution in [0.5, 0.6) is 0 Å². The molecule has 0 saturated heterocycles. The van der Waals surface area contributed by atoms with Crippen LogP contribution >= 0.6 is 0 Å². The minimum Gasteiger partial charge on any atom is -0.396 e. The molecule has 0 unspecified atom stereocenters. The molecular formula is C13H8FN5. The Bertz CT molecular complexity index is 712. The topological polar surface area (TPSA) is 98.5 Å². The number of aromatic nitrogens is 1. The summed E-state index contributed by atoms with van der Waals surface area (Å²) in [6.45, 7) is 0. The second-order valence-corrected chi connectivity index (χ2v) is 3.65. The Morgan fingerprint density at radius 1 is 1.16 bits per heavy atom. The molecule has 0 bridgehead atoms. The first kappa shape index (κ1) is 12.3. The van der Waals surface area contributed by atoms with E-state index in [9.17, 15) is 4.39 Å². The highest BCUT2D eigenvalue weighted by atomic mass is 19.1. The molecule has 1 heterocycles. The molecule has 0 amide bonds. The number of benzene rings is 1. The van der Waals surface area contributed by atoms with Crippen LogP contribution in [0.3, 0.4) is 0 Å². The zero-order valence-corrected chi connectivity index (χ0v) is 9.68. The molecule has 0 saturated carbocycles. The number of nitriles is 2. The zero-order chi connectivity index (χ0) is 13.8. The molecule has 92 valence electrons. The lowest BCUT2D eigenvalue weighted by Gasteiger charge is -2.08. The van der Waals surface area contributed by atoms with Crippen molar-refractivity contribution in [3.8, 4) is 12.1 Å². The quantitative estimate of drug-likeness (QED) is 0.855. The molecule has 3 N–H and O–H groups in total. The van der Waals surface area contributed by atoms with Crippen molar-refractivity contribution in [1.29, 1.82) is 10.5 Å². The predicted octanol–water partition coefficient (Wildman–Crippen LogP) is 2.29. The van der Waals surface area contributed by atoms with Gasteiger partial charge in [0.2, 0.25) is 0 Å². The van der Waals surface area contributed by atoms with E-state index in [1.54, 1.807) is 18.2 Å². The fraction of sp³-hybridized carbons (Fsp3) is 0. The van der Waals surface area contributed by atoms with Gasteiger partial charge in [-0.1, -0.05) is 6.07 Å². The minimum absolute atomic E-state index is 0.0694. The first-order chi connectivity index (χ1) is 9.15. The maximum atomic E-state index is 13.4. The second kappa shape index (κ2) is 5.03. The summed E-state index contributed by atoms with van der Waals surface area (Å²) in [4.78, 5) is 3.96. The van der Waals surface area contributed by atoms with Crippen molar-refractivity contribution < 1.29 is 4.39 Å². The number of nitrogen functional groups attached to an aromatic ring is 1. The molecule has 0 spiro atoms. The number of hydrogen-bond donors (Lipinski definition) is 2. The highest BCUT2D eigenvalue weighted by Crippen LogP contribution is 2.22. The first-order valence-electron chi connectivity index (χ1n) is 5.28. The minimum atomic E-state index is -0.622. The maximum Gasteiger partial charge on any atom is 0.165 e. The number of nitrogens with one attached hydrogen (secondary N) is 1. The second-order valence-electron chi connectivity index (χ2n) is 3.65. The van der Waals surface area contributed by atoms with Gasteiger partial charge in [0.25, 0.3) is 0 Å². The summed E-state index contributed by atoms with van der Waals surface area (Å²) in [5.41, 5.74) is 6.04. The fourth-order valence-electron chi connectivity index (χ4n) is 1.51. The standard InChI is InChI=1S/C13H8FN5/c14-9-2-1-3-11(8(9)6-15)18-13-5-4-10(17)12(7-16)19-13/h1-5H,17H2,(H,18,19). The Balaban J connectivity index is 2.40. The van der Waals surface area contributed by atoms with Crippen LogP contribution in [0, 0.1) is 28.5 Å². The molecule has 0 aliphatic carbocycles. The number of hydrogen-bond acceptors (Lipinski definition) is 5. The van der Waals surface area contributed by atoms with Crippen LogP contribution in [0.25, 0.3) is 0 Å². The number of halogens is 1. The van der Waals surface area contributed by atoms with Gasteiger partial charge in [0.05, 0.1) is 11.4 Å². The van der Waals surface area contributed by atoms with Crippen molar-refractivity contribution in [3.05, 3.63) is 47.4 Å². The summed E-state index contributed by atoms with van der Waals surface area (Å²) in [7, 11) is 0. The molecule has 0 atom stereocenters. The maximum absolute atomic E-state index is 13.4. The van der Waals surface area contributed by atoms with Crippen molar-refractivity contribution in [2.45, 2.75) is 0 Å². The van der Waals surface area contributed by atoms with Crippen LogP contribution in [-0.4, -0.2) is 4.98 Å². The van der Waals surface area contributed by atoms with Gasteiger partial charge in [0.1, 0.15) is 29.3 Å². The Labute approximate surface area is 108 Å². The summed E-state index contributed by atoms with van der Waals surface area (Å²) in [5, 5.41) is 20.5. The molecule has 2 rings (SSSR count). The van der Waals surface area contributed by atoms with Gasteiger partial charge < -0.3 is 11.1 Å². The van der Waals surface area contributed by atoms with E-state index >= 15 is 0 Å².